The van der Waals surface area contributed by atoms with Crippen LogP contribution < -0.4 is 5.32 Å². The smallest absolute Gasteiger partial charge is 0.407 e. The first kappa shape index (κ1) is 22.7. The summed E-state index contributed by atoms with van der Waals surface area (Å²) in [5.74, 6) is 0.0814. The first-order valence-electron chi connectivity index (χ1n) is 12.2. The van der Waals surface area contributed by atoms with E-state index in [0.717, 1.165) is 18.4 Å². The van der Waals surface area contributed by atoms with Gasteiger partial charge in [-0.05, 0) is 51.8 Å². The fourth-order valence-electron chi connectivity index (χ4n) is 4.70. The van der Waals surface area contributed by atoms with E-state index in [2.05, 4.69) is 102 Å². The molecule has 0 aromatic heterocycles. The number of hydrogen-bond donors (Lipinski definition) is 1. The molecule has 0 saturated carbocycles. The van der Waals surface area contributed by atoms with Crippen LogP contribution in [0, 0.1) is 0 Å². The van der Waals surface area contributed by atoms with E-state index in [-0.39, 0.29) is 12.0 Å². The van der Waals surface area contributed by atoms with E-state index in [1.54, 1.807) is 0 Å². The van der Waals surface area contributed by atoms with Crippen LogP contribution in [0.25, 0.3) is 17.2 Å². The molecule has 1 N–H and O–H groups in total. The first-order valence-corrected chi connectivity index (χ1v) is 12.2. The van der Waals surface area contributed by atoms with Crippen molar-refractivity contribution in [1.82, 2.24) is 5.32 Å². The quantitative estimate of drug-likeness (QED) is 0.283. The lowest BCUT2D eigenvalue weighted by Crippen LogP contribution is -2.26. The minimum Gasteiger partial charge on any atom is -0.449 e. The van der Waals surface area contributed by atoms with Gasteiger partial charge in [0.15, 0.2) is 0 Å². The van der Waals surface area contributed by atoms with Crippen molar-refractivity contribution in [2.45, 2.75) is 18.8 Å². The van der Waals surface area contributed by atoms with Crippen LogP contribution in [0.15, 0.2) is 109 Å². The Morgan fingerprint density at radius 1 is 0.743 bits per heavy atom. The second-order valence-electron chi connectivity index (χ2n) is 8.85. The van der Waals surface area contributed by atoms with Crippen molar-refractivity contribution in [1.29, 1.82) is 0 Å². The Labute approximate surface area is 207 Å². The lowest BCUT2D eigenvalue weighted by atomic mass is 9.98. The minimum absolute atomic E-state index is 0.0814. The summed E-state index contributed by atoms with van der Waals surface area (Å²) in [6, 6.07) is 35.8. The lowest BCUT2D eigenvalue weighted by Gasteiger charge is -2.14. The Morgan fingerprint density at radius 3 is 2.03 bits per heavy atom. The molecule has 0 spiro atoms. The number of ether oxygens (including phenoxy) is 1. The molecule has 35 heavy (non-hydrogen) atoms. The van der Waals surface area contributed by atoms with Crippen LogP contribution in [0.2, 0.25) is 0 Å². The van der Waals surface area contributed by atoms with Crippen LogP contribution in [-0.4, -0.2) is 19.2 Å². The summed E-state index contributed by atoms with van der Waals surface area (Å²) >= 11 is 0. The van der Waals surface area contributed by atoms with Gasteiger partial charge in [0.05, 0.1) is 0 Å². The molecule has 0 unspecified atom stereocenters. The fraction of sp³-hybridized carbons (Fsp3) is 0.156. The Balaban J connectivity index is 1.06. The second-order valence-corrected chi connectivity index (χ2v) is 8.85. The number of nitrogens with one attached hydrogen (secondary N) is 1. The average Bonchev–Trinajstić information content (AvgIpc) is 3.22. The number of hydrogen-bond acceptors (Lipinski definition) is 2. The molecule has 4 aromatic carbocycles. The van der Waals surface area contributed by atoms with E-state index < -0.39 is 0 Å². The lowest BCUT2D eigenvalue weighted by molar-refractivity contribution is 0.143. The van der Waals surface area contributed by atoms with Gasteiger partial charge >= 0.3 is 6.09 Å². The van der Waals surface area contributed by atoms with Gasteiger partial charge in [-0.3, -0.25) is 0 Å². The number of fused-ring (bicyclic) bond motifs is 3. The van der Waals surface area contributed by atoms with Crippen LogP contribution in [0.3, 0.4) is 0 Å². The topological polar surface area (TPSA) is 38.3 Å². The van der Waals surface area contributed by atoms with Gasteiger partial charge in [-0.1, -0.05) is 115 Å². The molecule has 1 amide bonds. The largest absolute Gasteiger partial charge is 0.449 e. The summed E-state index contributed by atoms with van der Waals surface area (Å²) in [4.78, 5) is 12.3. The van der Waals surface area contributed by atoms with E-state index >= 15 is 0 Å². The SMILES string of the molecule is O=C(NCCC=Cc1ccc(Cc2ccccc2)cc1)OCC1c2ccccc2-c2ccccc21. The van der Waals surface area contributed by atoms with Crippen molar-refractivity contribution in [3.63, 3.8) is 0 Å². The van der Waals surface area contributed by atoms with E-state index in [9.17, 15) is 4.79 Å². The van der Waals surface area contributed by atoms with Gasteiger partial charge in [-0.2, -0.15) is 0 Å². The predicted octanol–water partition coefficient (Wildman–Crippen LogP) is 7.22. The molecule has 0 bridgehead atoms. The normalized spacial score (nSPS) is 12.3. The van der Waals surface area contributed by atoms with Crippen LogP contribution in [0.1, 0.15) is 40.2 Å². The summed E-state index contributed by atoms with van der Waals surface area (Å²) < 4.78 is 5.59. The highest BCUT2D eigenvalue weighted by Gasteiger charge is 2.28. The van der Waals surface area contributed by atoms with Crippen molar-refractivity contribution < 1.29 is 9.53 Å². The van der Waals surface area contributed by atoms with Crippen LogP contribution in [-0.2, 0) is 11.2 Å². The number of carbonyl (C=O) groups excluding carboxylic acids is 1. The Hall–Kier alpha value is -4.11. The van der Waals surface area contributed by atoms with Crippen LogP contribution in [0.4, 0.5) is 4.79 Å². The zero-order valence-electron chi connectivity index (χ0n) is 19.7. The van der Waals surface area contributed by atoms with E-state index in [0.29, 0.717) is 13.2 Å². The number of alkyl carbamates (subject to hydrolysis) is 1. The fourth-order valence-corrected chi connectivity index (χ4v) is 4.70. The third-order valence-corrected chi connectivity index (χ3v) is 6.47. The van der Waals surface area contributed by atoms with Crippen molar-refractivity contribution >= 4 is 12.2 Å². The maximum atomic E-state index is 12.3. The molecule has 1 aliphatic carbocycles. The van der Waals surface area contributed by atoms with Gasteiger partial charge in [-0.15, -0.1) is 0 Å². The van der Waals surface area contributed by atoms with Crippen molar-refractivity contribution in [2.24, 2.45) is 0 Å². The predicted molar refractivity (Wildman–Crippen MR) is 142 cm³/mol. The number of carbonyl (C=O) groups is 1. The molecule has 0 saturated heterocycles. The molecule has 5 rings (SSSR count). The van der Waals surface area contributed by atoms with Crippen LogP contribution in [0.5, 0.6) is 0 Å². The third kappa shape index (κ3) is 5.52. The summed E-state index contributed by atoms with van der Waals surface area (Å²) in [5, 5.41) is 2.86. The van der Waals surface area contributed by atoms with Gasteiger partial charge in [0.2, 0.25) is 0 Å². The average molecular weight is 460 g/mol. The summed E-state index contributed by atoms with van der Waals surface area (Å²) in [6.45, 7) is 0.879. The number of rotatable bonds is 8. The molecule has 0 heterocycles. The van der Waals surface area contributed by atoms with E-state index in [1.807, 2.05) is 18.2 Å². The highest BCUT2D eigenvalue weighted by Crippen LogP contribution is 2.44. The maximum Gasteiger partial charge on any atom is 0.407 e. The van der Waals surface area contributed by atoms with Crippen molar-refractivity contribution in [3.05, 3.63) is 137 Å². The molecule has 0 fully saturated rings. The number of benzene rings is 4. The second kappa shape index (κ2) is 10.9. The molecule has 0 aliphatic heterocycles. The molecular formula is C32H29NO2. The zero-order chi connectivity index (χ0) is 23.9. The molecule has 174 valence electrons. The highest BCUT2D eigenvalue weighted by atomic mass is 16.5. The van der Waals surface area contributed by atoms with Crippen molar-refractivity contribution in [3.8, 4) is 11.1 Å². The molecule has 0 atom stereocenters. The Morgan fingerprint density at radius 2 is 1.34 bits per heavy atom. The zero-order valence-corrected chi connectivity index (χ0v) is 19.7. The Bertz CT molecular complexity index is 1260. The number of amides is 1. The minimum atomic E-state index is -0.370. The summed E-state index contributed by atoms with van der Waals surface area (Å²) in [5.41, 5.74) is 8.67. The molecule has 0 radical (unpaired) electrons. The highest BCUT2D eigenvalue weighted by molar-refractivity contribution is 5.79. The van der Waals surface area contributed by atoms with Gasteiger partial charge in [0.1, 0.15) is 6.61 Å². The van der Waals surface area contributed by atoms with E-state index in [1.165, 1.54) is 33.4 Å². The third-order valence-electron chi connectivity index (χ3n) is 6.47. The van der Waals surface area contributed by atoms with Crippen molar-refractivity contribution in [2.75, 3.05) is 13.2 Å². The van der Waals surface area contributed by atoms with Gasteiger partial charge in [0, 0.05) is 12.5 Å². The van der Waals surface area contributed by atoms with Gasteiger partial charge in [-0.25, -0.2) is 4.79 Å². The summed E-state index contributed by atoms with van der Waals surface area (Å²) in [6.07, 6.45) is 5.48. The monoisotopic (exact) mass is 459 g/mol. The standard InChI is InChI=1S/C32H29NO2/c34-32(35-23-31-29-15-6-4-13-27(29)28-14-5-7-16-30(28)31)33-21-9-8-10-24-17-19-26(20-18-24)22-25-11-2-1-3-12-25/h1-8,10-20,31H,9,21-23H2,(H,33,34). The van der Waals surface area contributed by atoms with E-state index in [4.69, 9.17) is 4.74 Å². The summed E-state index contributed by atoms with van der Waals surface area (Å²) in [7, 11) is 0. The molecular weight excluding hydrogens is 430 g/mol. The molecule has 1 aliphatic rings. The van der Waals surface area contributed by atoms with Gasteiger partial charge < -0.3 is 10.1 Å². The van der Waals surface area contributed by atoms with Gasteiger partial charge in [0.25, 0.3) is 0 Å². The molecule has 3 nitrogen and oxygen atoms in total. The Kier molecular flexibility index (Phi) is 7.05. The molecule has 4 aromatic rings. The maximum absolute atomic E-state index is 12.3. The van der Waals surface area contributed by atoms with Crippen LogP contribution >= 0.6 is 0 Å². The first-order chi connectivity index (χ1) is 17.3. The molecule has 3 heteroatoms.